The molecule has 4 unspecified atom stereocenters. The summed E-state index contributed by atoms with van der Waals surface area (Å²) >= 11 is 0. The second-order valence-corrected chi connectivity index (χ2v) is 7.09. The number of piperidine rings is 1. The number of amides is 1. The molecule has 2 bridgehead atoms. The molecule has 2 N–H and O–H groups in total. The second-order valence-electron chi connectivity index (χ2n) is 7.09. The van der Waals surface area contributed by atoms with Crippen LogP contribution in [0, 0.1) is 23.7 Å². The van der Waals surface area contributed by atoms with Crippen LogP contribution in [0.3, 0.4) is 0 Å². The van der Waals surface area contributed by atoms with Crippen molar-refractivity contribution < 1.29 is 4.79 Å². The van der Waals surface area contributed by atoms with E-state index in [0.29, 0.717) is 17.9 Å². The molecule has 0 aromatic carbocycles. The molecule has 2 aliphatic carbocycles. The number of halogens is 1. The summed E-state index contributed by atoms with van der Waals surface area (Å²) < 4.78 is 0. The Kier molecular flexibility index (Phi) is 5.74. The maximum Gasteiger partial charge on any atom is 0.220 e. The monoisotopic (exact) mass is 300 g/mol. The molecule has 20 heavy (non-hydrogen) atoms. The van der Waals surface area contributed by atoms with Gasteiger partial charge in [0, 0.05) is 12.5 Å². The van der Waals surface area contributed by atoms with Crippen LogP contribution in [0.25, 0.3) is 0 Å². The zero-order valence-electron chi connectivity index (χ0n) is 12.6. The zero-order chi connectivity index (χ0) is 13.2. The van der Waals surface area contributed by atoms with Gasteiger partial charge in [-0.15, -0.1) is 12.4 Å². The highest BCUT2D eigenvalue weighted by atomic mass is 35.5. The van der Waals surface area contributed by atoms with Gasteiger partial charge >= 0.3 is 0 Å². The van der Waals surface area contributed by atoms with E-state index in [4.69, 9.17) is 0 Å². The van der Waals surface area contributed by atoms with Gasteiger partial charge in [-0.2, -0.15) is 0 Å². The maximum atomic E-state index is 12.2. The first-order valence-electron chi connectivity index (χ1n) is 8.22. The van der Waals surface area contributed by atoms with Gasteiger partial charge in [-0.1, -0.05) is 6.42 Å². The van der Waals surface area contributed by atoms with Crippen LogP contribution in [-0.2, 0) is 4.79 Å². The SMILES string of the molecule is CC(NC(=O)CC1CCNCC1)C1CC2CCC1C2.Cl. The molecular weight excluding hydrogens is 272 g/mol. The van der Waals surface area contributed by atoms with E-state index in [1.54, 1.807) is 0 Å². The van der Waals surface area contributed by atoms with Crippen LogP contribution in [0.4, 0.5) is 0 Å². The van der Waals surface area contributed by atoms with E-state index in [0.717, 1.165) is 50.1 Å². The Morgan fingerprint density at radius 3 is 2.55 bits per heavy atom. The Morgan fingerprint density at radius 1 is 1.20 bits per heavy atom. The van der Waals surface area contributed by atoms with Crippen molar-refractivity contribution in [3.8, 4) is 0 Å². The summed E-state index contributed by atoms with van der Waals surface area (Å²) in [4.78, 5) is 12.2. The minimum absolute atomic E-state index is 0. The molecule has 0 spiro atoms. The first-order valence-corrected chi connectivity index (χ1v) is 8.22. The summed E-state index contributed by atoms with van der Waals surface area (Å²) in [5, 5.41) is 6.65. The first kappa shape index (κ1) is 16.1. The number of fused-ring (bicyclic) bond motifs is 2. The van der Waals surface area contributed by atoms with Crippen molar-refractivity contribution in [1.29, 1.82) is 0 Å². The number of carbonyl (C=O) groups is 1. The number of rotatable bonds is 4. The van der Waals surface area contributed by atoms with Crippen LogP contribution >= 0.6 is 12.4 Å². The van der Waals surface area contributed by atoms with E-state index in [9.17, 15) is 4.79 Å². The predicted molar refractivity (Wildman–Crippen MR) is 84.0 cm³/mol. The lowest BCUT2D eigenvalue weighted by atomic mass is 9.84. The van der Waals surface area contributed by atoms with Crippen molar-refractivity contribution in [2.45, 2.75) is 57.9 Å². The smallest absolute Gasteiger partial charge is 0.220 e. The van der Waals surface area contributed by atoms with Crippen LogP contribution in [0.5, 0.6) is 0 Å². The Hall–Kier alpha value is -0.280. The molecular formula is C16H29ClN2O. The minimum atomic E-state index is 0. The summed E-state index contributed by atoms with van der Waals surface area (Å²) in [5.74, 6) is 3.53. The standard InChI is InChI=1S/C16H28N2O.ClH/c1-11(15-9-13-2-3-14(15)8-13)18-16(19)10-12-4-6-17-7-5-12;/h11-15,17H,2-10H2,1H3,(H,18,19);1H. The Balaban J connectivity index is 0.00000147. The van der Waals surface area contributed by atoms with Gasteiger partial charge in [-0.3, -0.25) is 4.79 Å². The lowest BCUT2D eigenvalue weighted by Gasteiger charge is -2.29. The fourth-order valence-corrected chi connectivity index (χ4v) is 4.67. The van der Waals surface area contributed by atoms with Gasteiger partial charge in [0.2, 0.25) is 5.91 Å². The second kappa shape index (κ2) is 7.13. The molecule has 1 amide bonds. The van der Waals surface area contributed by atoms with E-state index < -0.39 is 0 Å². The quantitative estimate of drug-likeness (QED) is 0.838. The molecule has 3 fully saturated rings. The molecule has 4 heteroatoms. The van der Waals surface area contributed by atoms with Crippen molar-refractivity contribution in [1.82, 2.24) is 10.6 Å². The van der Waals surface area contributed by atoms with Crippen LogP contribution in [-0.4, -0.2) is 25.0 Å². The van der Waals surface area contributed by atoms with Crippen molar-refractivity contribution in [3.05, 3.63) is 0 Å². The number of hydrogen-bond acceptors (Lipinski definition) is 2. The highest BCUT2D eigenvalue weighted by Gasteiger charge is 2.42. The van der Waals surface area contributed by atoms with E-state index in [2.05, 4.69) is 17.6 Å². The van der Waals surface area contributed by atoms with Crippen molar-refractivity contribution in [2.75, 3.05) is 13.1 Å². The van der Waals surface area contributed by atoms with Crippen molar-refractivity contribution >= 4 is 18.3 Å². The van der Waals surface area contributed by atoms with E-state index >= 15 is 0 Å². The summed E-state index contributed by atoms with van der Waals surface area (Å²) in [6.45, 7) is 4.39. The topological polar surface area (TPSA) is 41.1 Å². The molecule has 0 aromatic heterocycles. The normalized spacial score (nSPS) is 34.5. The van der Waals surface area contributed by atoms with Gasteiger partial charge in [0.1, 0.15) is 0 Å². The van der Waals surface area contributed by atoms with Gasteiger partial charge in [0.05, 0.1) is 0 Å². The third kappa shape index (κ3) is 3.67. The van der Waals surface area contributed by atoms with E-state index in [-0.39, 0.29) is 12.4 Å². The summed E-state index contributed by atoms with van der Waals surface area (Å²) in [6.07, 6.45) is 8.71. The Morgan fingerprint density at radius 2 is 1.95 bits per heavy atom. The fraction of sp³-hybridized carbons (Fsp3) is 0.938. The Bertz CT molecular complexity index is 330. The summed E-state index contributed by atoms with van der Waals surface area (Å²) in [7, 11) is 0. The molecule has 116 valence electrons. The molecule has 1 aliphatic heterocycles. The molecule has 3 aliphatic rings. The minimum Gasteiger partial charge on any atom is -0.353 e. The summed E-state index contributed by atoms with van der Waals surface area (Å²) in [5.41, 5.74) is 0. The average Bonchev–Trinajstić information content (AvgIpc) is 3.02. The van der Waals surface area contributed by atoms with E-state index in [1.165, 1.54) is 25.7 Å². The van der Waals surface area contributed by atoms with Crippen LogP contribution in [0.15, 0.2) is 0 Å². The van der Waals surface area contributed by atoms with E-state index in [1.807, 2.05) is 0 Å². The largest absolute Gasteiger partial charge is 0.353 e. The van der Waals surface area contributed by atoms with Gasteiger partial charge in [-0.25, -0.2) is 0 Å². The van der Waals surface area contributed by atoms with Gasteiger partial charge in [-0.05, 0) is 75.8 Å². The highest BCUT2D eigenvalue weighted by Crippen LogP contribution is 2.49. The molecule has 4 atom stereocenters. The van der Waals surface area contributed by atoms with Crippen molar-refractivity contribution in [3.63, 3.8) is 0 Å². The molecule has 0 aromatic rings. The molecule has 0 radical (unpaired) electrons. The maximum absolute atomic E-state index is 12.2. The third-order valence-corrected chi connectivity index (χ3v) is 5.76. The molecule has 3 nitrogen and oxygen atoms in total. The lowest BCUT2D eigenvalue weighted by Crippen LogP contribution is -2.41. The van der Waals surface area contributed by atoms with Gasteiger partial charge in [0.15, 0.2) is 0 Å². The first-order chi connectivity index (χ1) is 9.22. The number of carbonyl (C=O) groups excluding carboxylic acids is 1. The van der Waals surface area contributed by atoms with Crippen LogP contribution in [0.1, 0.15) is 51.9 Å². The molecule has 1 heterocycles. The predicted octanol–water partition coefficient (Wildman–Crippen LogP) is 2.74. The average molecular weight is 301 g/mol. The van der Waals surface area contributed by atoms with Gasteiger partial charge < -0.3 is 10.6 Å². The number of hydrogen-bond donors (Lipinski definition) is 2. The van der Waals surface area contributed by atoms with Gasteiger partial charge in [0.25, 0.3) is 0 Å². The zero-order valence-corrected chi connectivity index (χ0v) is 13.4. The van der Waals surface area contributed by atoms with Crippen molar-refractivity contribution in [2.24, 2.45) is 23.7 Å². The highest BCUT2D eigenvalue weighted by molar-refractivity contribution is 5.85. The van der Waals surface area contributed by atoms with Crippen LogP contribution in [0.2, 0.25) is 0 Å². The molecule has 2 saturated carbocycles. The Labute approximate surface area is 129 Å². The summed E-state index contributed by atoms with van der Waals surface area (Å²) in [6, 6.07) is 0.393. The number of nitrogens with one attached hydrogen (secondary N) is 2. The lowest BCUT2D eigenvalue weighted by molar-refractivity contribution is -0.123. The fourth-order valence-electron chi connectivity index (χ4n) is 4.67. The molecule has 1 saturated heterocycles. The molecule has 3 rings (SSSR count). The third-order valence-electron chi connectivity index (χ3n) is 5.76. The van der Waals surface area contributed by atoms with Crippen LogP contribution < -0.4 is 10.6 Å².